The van der Waals surface area contributed by atoms with Crippen LogP contribution in [0.25, 0.3) is 11.0 Å². The average Bonchev–Trinajstić information content (AvgIpc) is 2.85. The first-order valence-electron chi connectivity index (χ1n) is 8.72. The number of benzene rings is 2. The van der Waals surface area contributed by atoms with Gasteiger partial charge in [-0.3, -0.25) is 9.69 Å². The van der Waals surface area contributed by atoms with Gasteiger partial charge in [0.2, 0.25) is 0 Å². The predicted octanol–water partition coefficient (Wildman–Crippen LogP) is 3.83. The summed E-state index contributed by atoms with van der Waals surface area (Å²) in [5.41, 5.74) is 0.902. The highest BCUT2D eigenvalue weighted by Gasteiger charge is 2.49. The molecule has 3 amide bonds. The van der Waals surface area contributed by atoms with E-state index >= 15 is 0 Å². The van der Waals surface area contributed by atoms with Gasteiger partial charge in [0.1, 0.15) is 11.1 Å². The number of amides is 3. The summed E-state index contributed by atoms with van der Waals surface area (Å²) in [6, 6.07) is 13.6. The van der Waals surface area contributed by atoms with Gasteiger partial charge in [-0.1, -0.05) is 46.3 Å². The molecule has 3 aromatic rings. The van der Waals surface area contributed by atoms with Crippen molar-refractivity contribution < 1.29 is 14.0 Å². The highest BCUT2D eigenvalue weighted by Crippen LogP contribution is 2.34. The monoisotopic (exact) mass is 440 g/mol. The Kier molecular flexibility index (Phi) is 4.34. The van der Waals surface area contributed by atoms with Crippen molar-refractivity contribution in [3.63, 3.8) is 0 Å². The summed E-state index contributed by atoms with van der Waals surface area (Å²) in [5.74, 6) is -0.377. The Morgan fingerprint density at radius 1 is 1.11 bits per heavy atom. The van der Waals surface area contributed by atoms with Crippen molar-refractivity contribution in [2.75, 3.05) is 0 Å². The van der Waals surface area contributed by atoms with Crippen LogP contribution in [-0.2, 0) is 16.9 Å². The van der Waals surface area contributed by atoms with Crippen LogP contribution in [0.1, 0.15) is 23.6 Å². The van der Waals surface area contributed by atoms with Crippen LogP contribution in [-0.4, -0.2) is 16.8 Å². The summed E-state index contributed by atoms with van der Waals surface area (Å²) in [5, 5.41) is 3.48. The molecule has 0 radical (unpaired) electrons. The van der Waals surface area contributed by atoms with E-state index < -0.39 is 17.2 Å². The molecule has 1 aliphatic heterocycles. The van der Waals surface area contributed by atoms with Gasteiger partial charge in [0.05, 0.1) is 6.54 Å². The second-order valence-corrected chi connectivity index (χ2v) is 7.87. The molecular weight excluding hydrogens is 424 g/mol. The van der Waals surface area contributed by atoms with Crippen molar-refractivity contribution in [2.45, 2.75) is 25.9 Å². The molecule has 0 saturated carbocycles. The zero-order valence-corrected chi connectivity index (χ0v) is 16.9. The lowest BCUT2D eigenvalue weighted by molar-refractivity contribution is -0.131. The van der Waals surface area contributed by atoms with E-state index in [4.69, 9.17) is 4.42 Å². The first-order chi connectivity index (χ1) is 13.3. The molecule has 1 aliphatic rings. The van der Waals surface area contributed by atoms with E-state index in [0.717, 1.165) is 14.9 Å². The van der Waals surface area contributed by atoms with E-state index in [2.05, 4.69) is 21.2 Å². The van der Waals surface area contributed by atoms with E-state index in [0.29, 0.717) is 22.1 Å². The first-order valence-corrected chi connectivity index (χ1v) is 9.51. The van der Waals surface area contributed by atoms with Gasteiger partial charge in [-0.2, -0.15) is 0 Å². The number of imide groups is 1. The molecule has 7 heteroatoms. The molecule has 1 fully saturated rings. The normalized spacial score (nSPS) is 19.3. The molecular formula is C21H17BrN2O4. The van der Waals surface area contributed by atoms with Crippen LogP contribution in [0.2, 0.25) is 0 Å². The van der Waals surface area contributed by atoms with Crippen molar-refractivity contribution in [3.8, 4) is 0 Å². The number of halogens is 1. The zero-order chi connectivity index (χ0) is 20.1. The van der Waals surface area contributed by atoms with Gasteiger partial charge in [-0.15, -0.1) is 0 Å². The van der Waals surface area contributed by atoms with Gasteiger partial charge in [0, 0.05) is 21.5 Å². The third kappa shape index (κ3) is 2.92. The summed E-state index contributed by atoms with van der Waals surface area (Å²) in [6.07, 6.45) is 0. The standard InChI is InChI=1S/C21H17BrN2O4/c1-12-7-8-14-13(10-18(25)28-17(14)9-12)11-24-19(26)21(2,23-20(24)27)15-5-3-4-6-16(15)22/h3-10H,11H2,1-2H3,(H,23,27). The van der Waals surface area contributed by atoms with Crippen LogP contribution in [0.15, 0.2) is 62.2 Å². The maximum Gasteiger partial charge on any atom is 0.336 e. The lowest BCUT2D eigenvalue weighted by atomic mass is 9.92. The molecule has 0 bridgehead atoms. The number of nitrogens with one attached hydrogen (secondary N) is 1. The number of hydrogen-bond donors (Lipinski definition) is 1. The quantitative estimate of drug-likeness (QED) is 0.495. The second-order valence-electron chi connectivity index (χ2n) is 7.02. The second kappa shape index (κ2) is 6.60. The van der Waals surface area contributed by atoms with Gasteiger partial charge < -0.3 is 9.73 Å². The van der Waals surface area contributed by atoms with Crippen LogP contribution in [0, 0.1) is 6.92 Å². The zero-order valence-electron chi connectivity index (χ0n) is 15.3. The Bertz CT molecular complexity index is 1190. The Morgan fingerprint density at radius 2 is 1.86 bits per heavy atom. The van der Waals surface area contributed by atoms with Gasteiger partial charge in [0.15, 0.2) is 0 Å². The Balaban J connectivity index is 1.75. The first kappa shape index (κ1) is 18.4. The number of nitrogens with zero attached hydrogens (tertiary/aromatic N) is 1. The fourth-order valence-corrected chi connectivity index (χ4v) is 4.21. The minimum absolute atomic E-state index is 0.0180. The molecule has 142 valence electrons. The number of hydrogen-bond acceptors (Lipinski definition) is 4. The van der Waals surface area contributed by atoms with Gasteiger partial charge in [-0.25, -0.2) is 9.59 Å². The van der Waals surface area contributed by atoms with Gasteiger partial charge in [-0.05, 0) is 37.1 Å². The van der Waals surface area contributed by atoms with Gasteiger partial charge >= 0.3 is 11.7 Å². The number of carbonyl (C=O) groups excluding carboxylic acids is 2. The molecule has 6 nitrogen and oxygen atoms in total. The fraction of sp³-hybridized carbons (Fsp3) is 0.190. The summed E-state index contributed by atoms with van der Waals surface area (Å²) in [7, 11) is 0. The van der Waals surface area contributed by atoms with Gasteiger partial charge in [0.25, 0.3) is 5.91 Å². The molecule has 1 atom stereocenters. The maximum absolute atomic E-state index is 13.2. The lowest BCUT2D eigenvalue weighted by Crippen LogP contribution is -2.41. The molecule has 1 aromatic heterocycles. The molecule has 28 heavy (non-hydrogen) atoms. The number of fused-ring (bicyclic) bond motifs is 1. The Morgan fingerprint density at radius 3 is 2.61 bits per heavy atom. The minimum atomic E-state index is -1.19. The molecule has 0 spiro atoms. The fourth-order valence-electron chi connectivity index (χ4n) is 3.53. The highest BCUT2D eigenvalue weighted by molar-refractivity contribution is 9.10. The van der Waals surface area contributed by atoms with E-state index in [-0.39, 0.29) is 12.5 Å². The number of rotatable bonds is 3. The van der Waals surface area contributed by atoms with Crippen molar-refractivity contribution >= 4 is 38.8 Å². The van der Waals surface area contributed by atoms with Crippen LogP contribution in [0.4, 0.5) is 4.79 Å². The molecule has 4 rings (SSSR count). The number of carbonyl (C=O) groups is 2. The third-order valence-electron chi connectivity index (χ3n) is 5.00. The van der Waals surface area contributed by atoms with E-state index in [1.807, 2.05) is 37.3 Å². The molecule has 1 N–H and O–H groups in total. The van der Waals surface area contributed by atoms with E-state index in [1.165, 1.54) is 6.07 Å². The molecule has 1 saturated heterocycles. The topological polar surface area (TPSA) is 79.6 Å². The average molecular weight is 441 g/mol. The van der Waals surface area contributed by atoms with Crippen molar-refractivity contribution in [1.29, 1.82) is 0 Å². The third-order valence-corrected chi connectivity index (χ3v) is 5.69. The summed E-state index contributed by atoms with van der Waals surface area (Å²) in [4.78, 5) is 38.9. The van der Waals surface area contributed by atoms with Crippen LogP contribution < -0.4 is 10.9 Å². The Hall–Kier alpha value is -2.93. The smallest absolute Gasteiger partial charge is 0.336 e. The summed E-state index contributed by atoms with van der Waals surface area (Å²) >= 11 is 3.45. The summed E-state index contributed by atoms with van der Waals surface area (Å²) in [6.45, 7) is 3.55. The SMILES string of the molecule is Cc1ccc2c(CN3C(=O)NC(C)(c4ccccc4Br)C3=O)cc(=O)oc2c1. The van der Waals surface area contributed by atoms with E-state index in [9.17, 15) is 14.4 Å². The van der Waals surface area contributed by atoms with Crippen molar-refractivity contribution in [2.24, 2.45) is 0 Å². The van der Waals surface area contributed by atoms with Crippen LogP contribution in [0.3, 0.4) is 0 Å². The molecule has 0 aliphatic carbocycles. The lowest BCUT2D eigenvalue weighted by Gasteiger charge is -2.23. The molecule has 2 aromatic carbocycles. The highest BCUT2D eigenvalue weighted by atomic mass is 79.9. The van der Waals surface area contributed by atoms with Crippen LogP contribution in [0.5, 0.6) is 0 Å². The largest absolute Gasteiger partial charge is 0.423 e. The van der Waals surface area contributed by atoms with E-state index in [1.54, 1.807) is 19.1 Å². The maximum atomic E-state index is 13.2. The Labute approximate surface area is 169 Å². The molecule has 1 unspecified atom stereocenters. The van der Waals surface area contributed by atoms with Crippen molar-refractivity contribution in [1.82, 2.24) is 10.2 Å². The van der Waals surface area contributed by atoms with Crippen LogP contribution >= 0.6 is 15.9 Å². The van der Waals surface area contributed by atoms with Crippen molar-refractivity contribution in [3.05, 3.63) is 80.1 Å². The number of urea groups is 1. The molecule has 2 heterocycles. The number of aryl methyl sites for hydroxylation is 1. The summed E-state index contributed by atoms with van der Waals surface area (Å²) < 4.78 is 5.99. The predicted molar refractivity (Wildman–Crippen MR) is 108 cm³/mol. The minimum Gasteiger partial charge on any atom is -0.423 e.